The van der Waals surface area contributed by atoms with Crippen LogP contribution in [0.25, 0.3) is 17.0 Å². The SMILES string of the molecule is CC(C)(O)C1CCC(NC(=O)c2nc(-n3ccnc3)nc3cn[nH]c23)CC1. The van der Waals surface area contributed by atoms with Gasteiger partial charge in [0.05, 0.1) is 11.8 Å². The zero-order chi connectivity index (χ0) is 19.0. The predicted octanol–water partition coefficient (Wildman–Crippen LogP) is 1.60. The van der Waals surface area contributed by atoms with Gasteiger partial charge in [-0.1, -0.05) is 0 Å². The summed E-state index contributed by atoms with van der Waals surface area (Å²) < 4.78 is 1.65. The van der Waals surface area contributed by atoms with Gasteiger partial charge in [-0.05, 0) is 45.4 Å². The van der Waals surface area contributed by atoms with Crippen LogP contribution >= 0.6 is 0 Å². The van der Waals surface area contributed by atoms with Crippen LogP contribution in [0.1, 0.15) is 50.0 Å². The van der Waals surface area contributed by atoms with Crippen LogP contribution in [0.5, 0.6) is 0 Å². The van der Waals surface area contributed by atoms with E-state index in [1.807, 2.05) is 13.8 Å². The molecule has 1 aliphatic carbocycles. The van der Waals surface area contributed by atoms with Gasteiger partial charge >= 0.3 is 0 Å². The van der Waals surface area contributed by atoms with Gasteiger partial charge in [0.1, 0.15) is 17.4 Å². The highest BCUT2D eigenvalue weighted by Crippen LogP contribution is 2.32. The Labute approximate surface area is 156 Å². The van der Waals surface area contributed by atoms with Crippen LogP contribution in [0.2, 0.25) is 0 Å². The molecule has 0 bridgehead atoms. The van der Waals surface area contributed by atoms with Crippen LogP contribution in [0, 0.1) is 5.92 Å². The predicted molar refractivity (Wildman–Crippen MR) is 98.3 cm³/mol. The quantitative estimate of drug-likeness (QED) is 0.642. The third-order valence-corrected chi connectivity index (χ3v) is 5.30. The van der Waals surface area contributed by atoms with Crippen LogP contribution in [0.4, 0.5) is 0 Å². The number of aliphatic hydroxyl groups is 1. The second-order valence-corrected chi connectivity index (χ2v) is 7.65. The van der Waals surface area contributed by atoms with Gasteiger partial charge < -0.3 is 10.4 Å². The molecule has 1 saturated carbocycles. The maximum atomic E-state index is 12.9. The summed E-state index contributed by atoms with van der Waals surface area (Å²) in [6.45, 7) is 3.70. The Morgan fingerprint density at radius 1 is 1.30 bits per heavy atom. The largest absolute Gasteiger partial charge is 0.390 e. The maximum absolute atomic E-state index is 12.9. The molecule has 0 saturated heterocycles. The number of amides is 1. The molecule has 1 aliphatic rings. The molecule has 27 heavy (non-hydrogen) atoms. The summed E-state index contributed by atoms with van der Waals surface area (Å²) in [6.07, 6.45) is 9.96. The van der Waals surface area contributed by atoms with Crippen molar-refractivity contribution in [2.75, 3.05) is 0 Å². The van der Waals surface area contributed by atoms with Gasteiger partial charge in [-0.25, -0.2) is 15.0 Å². The van der Waals surface area contributed by atoms with E-state index in [1.165, 1.54) is 0 Å². The van der Waals surface area contributed by atoms with Gasteiger partial charge in [0.2, 0.25) is 5.95 Å². The molecule has 9 nitrogen and oxygen atoms in total. The number of fused-ring (bicyclic) bond motifs is 1. The van der Waals surface area contributed by atoms with Crippen molar-refractivity contribution in [3.63, 3.8) is 0 Å². The number of rotatable bonds is 4. The van der Waals surface area contributed by atoms with Crippen molar-refractivity contribution >= 4 is 16.9 Å². The maximum Gasteiger partial charge on any atom is 0.272 e. The van der Waals surface area contributed by atoms with E-state index in [0.29, 0.717) is 17.0 Å². The molecule has 0 spiro atoms. The Morgan fingerprint density at radius 2 is 2.07 bits per heavy atom. The van der Waals surface area contributed by atoms with Gasteiger partial charge in [0, 0.05) is 18.4 Å². The highest BCUT2D eigenvalue weighted by molar-refractivity contribution is 6.02. The van der Waals surface area contributed by atoms with Crippen molar-refractivity contribution in [3.05, 3.63) is 30.6 Å². The number of carbonyl (C=O) groups is 1. The van der Waals surface area contributed by atoms with Crippen molar-refractivity contribution in [1.29, 1.82) is 0 Å². The van der Waals surface area contributed by atoms with E-state index in [0.717, 1.165) is 25.7 Å². The lowest BCUT2D eigenvalue weighted by atomic mass is 9.77. The molecule has 1 amide bonds. The summed E-state index contributed by atoms with van der Waals surface area (Å²) in [5.41, 5.74) is 0.681. The molecule has 3 aromatic heterocycles. The monoisotopic (exact) mass is 369 g/mol. The first-order valence-electron chi connectivity index (χ1n) is 9.14. The Hall–Kier alpha value is -2.81. The van der Waals surface area contributed by atoms with Crippen molar-refractivity contribution in [3.8, 4) is 5.95 Å². The molecule has 0 atom stereocenters. The molecule has 142 valence electrons. The van der Waals surface area contributed by atoms with E-state index in [4.69, 9.17) is 0 Å². The van der Waals surface area contributed by atoms with E-state index in [9.17, 15) is 9.90 Å². The lowest BCUT2D eigenvalue weighted by Crippen LogP contribution is -2.42. The average molecular weight is 369 g/mol. The van der Waals surface area contributed by atoms with Gasteiger partial charge in [-0.2, -0.15) is 5.10 Å². The normalized spacial score (nSPS) is 20.7. The smallest absolute Gasteiger partial charge is 0.272 e. The second-order valence-electron chi connectivity index (χ2n) is 7.65. The van der Waals surface area contributed by atoms with Crippen molar-refractivity contribution < 1.29 is 9.90 Å². The molecule has 0 unspecified atom stereocenters. The van der Waals surface area contributed by atoms with Gasteiger partial charge in [0.25, 0.3) is 5.91 Å². The molecular weight excluding hydrogens is 346 g/mol. The molecule has 0 aromatic carbocycles. The van der Waals surface area contributed by atoms with Gasteiger partial charge in [-0.3, -0.25) is 14.5 Å². The summed E-state index contributed by atoms with van der Waals surface area (Å²) in [5.74, 6) is 0.383. The number of hydrogen-bond acceptors (Lipinski definition) is 6. The van der Waals surface area contributed by atoms with Crippen molar-refractivity contribution in [2.45, 2.75) is 51.2 Å². The van der Waals surface area contributed by atoms with Crippen molar-refractivity contribution in [1.82, 2.24) is 35.0 Å². The molecule has 4 rings (SSSR count). The lowest BCUT2D eigenvalue weighted by molar-refractivity contribution is -0.00258. The van der Waals surface area contributed by atoms with Gasteiger partial charge in [-0.15, -0.1) is 0 Å². The Kier molecular flexibility index (Phi) is 4.39. The molecular formula is C18H23N7O2. The zero-order valence-corrected chi connectivity index (χ0v) is 15.4. The molecule has 3 N–H and O–H groups in total. The fourth-order valence-corrected chi connectivity index (χ4v) is 3.68. The summed E-state index contributed by atoms with van der Waals surface area (Å²) >= 11 is 0. The standard InChI is InChI=1S/C18H23N7O2/c1-18(2,27)11-3-5-12(6-4-11)21-16(26)15-14-13(9-20-24-14)22-17(23-15)25-8-7-19-10-25/h7-12,27H,3-6H2,1-2H3,(H,20,24)(H,21,26). The van der Waals surface area contributed by atoms with E-state index in [1.54, 1.807) is 29.5 Å². The van der Waals surface area contributed by atoms with E-state index in [-0.39, 0.29) is 23.6 Å². The zero-order valence-electron chi connectivity index (χ0n) is 15.4. The van der Waals surface area contributed by atoms with Crippen LogP contribution in [0.3, 0.4) is 0 Å². The topological polar surface area (TPSA) is 122 Å². The molecule has 0 aliphatic heterocycles. The fraction of sp³-hybridized carbons (Fsp3) is 0.500. The minimum atomic E-state index is -0.677. The van der Waals surface area contributed by atoms with Crippen LogP contribution < -0.4 is 5.32 Å². The van der Waals surface area contributed by atoms with Crippen molar-refractivity contribution in [2.24, 2.45) is 5.92 Å². The number of carbonyl (C=O) groups excluding carboxylic acids is 1. The third kappa shape index (κ3) is 3.55. The highest BCUT2D eigenvalue weighted by atomic mass is 16.3. The number of nitrogens with one attached hydrogen (secondary N) is 2. The molecule has 3 aromatic rings. The molecule has 1 fully saturated rings. The van der Waals surface area contributed by atoms with Crippen LogP contribution in [-0.2, 0) is 0 Å². The summed E-state index contributed by atoms with van der Waals surface area (Å²) in [5, 5.41) is 20.1. The lowest BCUT2D eigenvalue weighted by Gasteiger charge is -2.36. The summed E-state index contributed by atoms with van der Waals surface area (Å²) in [7, 11) is 0. The number of aromatic nitrogens is 6. The second kappa shape index (κ2) is 6.73. The van der Waals surface area contributed by atoms with E-state index >= 15 is 0 Å². The number of hydrogen-bond donors (Lipinski definition) is 3. The number of nitrogens with zero attached hydrogens (tertiary/aromatic N) is 5. The Bertz CT molecular complexity index is 934. The average Bonchev–Trinajstić information content (AvgIpc) is 3.32. The Morgan fingerprint density at radius 3 is 2.74 bits per heavy atom. The highest BCUT2D eigenvalue weighted by Gasteiger charge is 2.32. The number of imidazole rings is 1. The van der Waals surface area contributed by atoms with Crippen LogP contribution in [-0.4, -0.2) is 52.4 Å². The fourth-order valence-electron chi connectivity index (χ4n) is 3.68. The van der Waals surface area contributed by atoms with E-state index < -0.39 is 5.60 Å². The summed E-state index contributed by atoms with van der Waals surface area (Å²) in [6, 6.07) is 0.0701. The third-order valence-electron chi connectivity index (χ3n) is 5.30. The van der Waals surface area contributed by atoms with Gasteiger partial charge in [0.15, 0.2) is 5.69 Å². The number of aromatic amines is 1. The van der Waals surface area contributed by atoms with Crippen LogP contribution in [0.15, 0.2) is 24.9 Å². The number of H-pyrrole nitrogens is 1. The molecule has 3 heterocycles. The minimum absolute atomic E-state index is 0.0701. The first kappa shape index (κ1) is 17.6. The first-order chi connectivity index (χ1) is 12.9. The van der Waals surface area contributed by atoms with E-state index in [2.05, 4.69) is 30.5 Å². The Balaban J connectivity index is 1.54. The molecule has 0 radical (unpaired) electrons. The first-order valence-corrected chi connectivity index (χ1v) is 9.14. The molecule has 9 heteroatoms. The minimum Gasteiger partial charge on any atom is -0.390 e. The summed E-state index contributed by atoms with van der Waals surface area (Å²) in [4.78, 5) is 25.7.